The Kier molecular flexibility index (Phi) is 3.99. The molecule has 0 bridgehead atoms. The molecule has 28 heavy (non-hydrogen) atoms. The predicted octanol–water partition coefficient (Wildman–Crippen LogP) is 6.99. The Bertz CT molecular complexity index is 1280. The minimum atomic E-state index is -0.237. The molecule has 134 valence electrons. The van der Waals surface area contributed by atoms with Gasteiger partial charge in [-0.3, -0.25) is 0 Å². The van der Waals surface area contributed by atoms with Crippen LogP contribution in [0.2, 0.25) is 0 Å². The van der Waals surface area contributed by atoms with E-state index in [0.29, 0.717) is 17.0 Å². The minimum Gasteiger partial charge on any atom is -0.439 e. The van der Waals surface area contributed by atoms with Gasteiger partial charge in [0.2, 0.25) is 5.88 Å². The highest BCUT2D eigenvalue weighted by atomic mass is 19.1. The minimum absolute atomic E-state index is 0.237. The molecular formula is C25H16FNO. The van der Waals surface area contributed by atoms with Crippen molar-refractivity contribution >= 4 is 21.5 Å². The topological polar surface area (TPSA) is 22.1 Å². The maximum Gasteiger partial charge on any atom is 0.219 e. The number of benzene rings is 4. The van der Waals surface area contributed by atoms with Crippen molar-refractivity contribution in [2.24, 2.45) is 0 Å². The second-order valence-electron chi connectivity index (χ2n) is 6.61. The molecule has 3 heteroatoms. The first-order valence-electron chi connectivity index (χ1n) is 9.09. The van der Waals surface area contributed by atoms with Crippen LogP contribution in [0.25, 0.3) is 32.7 Å². The molecule has 0 saturated carbocycles. The van der Waals surface area contributed by atoms with Gasteiger partial charge in [0.1, 0.15) is 11.6 Å². The van der Waals surface area contributed by atoms with Gasteiger partial charge in [0.05, 0.1) is 0 Å². The van der Waals surface area contributed by atoms with Crippen LogP contribution in [0, 0.1) is 5.82 Å². The van der Waals surface area contributed by atoms with Crippen LogP contribution in [0.1, 0.15) is 0 Å². The van der Waals surface area contributed by atoms with Gasteiger partial charge in [0, 0.05) is 28.4 Å². The SMILES string of the molecule is Fc1ccc(-c2ccccc2)c2c1ccc1cnc(Oc3ccccc3)cc12. The van der Waals surface area contributed by atoms with E-state index in [1.807, 2.05) is 84.9 Å². The summed E-state index contributed by atoms with van der Waals surface area (Å²) in [6, 6.07) is 28.5. The van der Waals surface area contributed by atoms with E-state index in [1.165, 1.54) is 6.07 Å². The van der Waals surface area contributed by atoms with Crippen LogP contribution in [-0.2, 0) is 0 Å². The first-order valence-corrected chi connectivity index (χ1v) is 9.09. The van der Waals surface area contributed by atoms with E-state index in [4.69, 9.17) is 4.74 Å². The van der Waals surface area contributed by atoms with Crippen LogP contribution in [0.15, 0.2) is 97.2 Å². The summed E-state index contributed by atoms with van der Waals surface area (Å²) in [6.45, 7) is 0. The number of hydrogen-bond acceptors (Lipinski definition) is 2. The van der Waals surface area contributed by atoms with Gasteiger partial charge in [0.15, 0.2) is 0 Å². The Labute approximate surface area is 161 Å². The van der Waals surface area contributed by atoms with Crippen molar-refractivity contribution in [3.63, 3.8) is 0 Å². The summed E-state index contributed by atoms with van der Waals surface area (Å²) >= 11 is 0. The summed E-state index contributed by atoms with van der Waals surface area (Å²) in [5.41, 5.74) is 2.03. The smallest absolute Gasteiger partial charge is 0.219 e. The highest BCUT2D eigenvalue weighted by molar-refractivity contribution is 6.14. The van der Waals surface area contributed by atoms with E-state index in [2.05, 4.69) is 4.98 Å². The van der Waals surface area contributed by atoms with Crippen molar-refractivity contribution in [1.82, 2.24) is 4.98 Å². The normalized spacial score (nSPS) is 11.0. The fourth-order valence-corrected chi connectivity index (χ4v) is 3.54. The van der Waals surface area contributed by atoms with Gasteiger partial charge in [-0.1, -0.05) is 66.7 Å². The molecule has 0 radical (unpaired) electrons. The number of halogens is 1. The Morgan fingerprint density at radius 1 is 0.714 bits per heavy atom. The van der Waals surface area contributed by atoms with E-state index in [0.717, 1.165) is 27.3 Å². The predicted molar refractivity (Wildman–Crippen MR) is 111 cm³/mol. The highest BCUT2D eigenvalue weighted by Gasteiger charge is 2.12. The summed E-state index contributed by atoms with van der Waals surface area (Å²) in [5, 5.41) is 3.31. The number of nitrogens with zero attached hydrogens (tertiary/aromatic N) is 1. The van der Waals surface area contributed by atoms with Gasteiger partial charge in [-0.2, -0.15) is 0 Å². The number of hydrogen-bond donors (Lipinski definition) is 0. The third-order valence-corrected chi connectivity index (χ3v) is 4.85. The quantitative estimate of drug-likeness (QED) is 0.322. The monoisotopic (exact) mass is 365 g/mol. The third kappa shape index (κ3) is 2.87. The lowest BCUT2D eigenvalue weighted by Gasteiger charge is -2.12. The fourth-order valence-electron chi connectivity index (χ4n) is 3.54. The van der Waals surface area contributed by atoms with E-state index in [-0.39, 0.29) is 5.82 Å². The molecule has 0 N–H and O–H groups in total. The number of rotatable bonds is 3. The number of ether oxygens (including phenoxy) is 1. The fraction of sp³-hybridized carbons (Fsp3) is 0. The summed E-state index contributed by atoms with van der Waals surface area (Å²) in [4.78, 5) is 4.42. The van der Waals surface area contributed by atoms with Crippen molar-refractivity contribution in [2.75, 3.05) is 0 Å². The van der Waals surface area contributed by atoms with Crippen molar-refractivity contribution in [1.29, 1.82) is 0 Å². The zero-order chi connectivity index (χ0) is 18.9. The molecule has 5 rings (SSSR count). The van der Waals surface area contributed by atoms with Crippen LogP contribution in [0.3, 0.4) is 0 Å². The molecular weight excluding hydrogens is 349 g/mol. The Morgan fingerprint density at radius 2 is 1.46 bits per heavy atom. The van der Waals surface area contributed by atoms with Crippen molar-refractivity contribution < 1.29 is 9.13 Å². The molecule has 0 amide bonds. The van der Waals surface area contributed by atoms with Gasteiger partial charge >= 0.3 is 0 Å². The maximum atomic E-state index is 14.6. The van der Waals surface area contributed by atoms with E-state index in [1.54, 1.807) is 6.20 Å². The van der Waals surface area contributed by atoms with E-state index < -0.39 is 0 Å². The van der Waals surface area contributed by atoms with Crippen LogP contribution < -0.4 is 4.74 Å². The molecule has 5 aromatic rings. The van der Waals surface area contributed by atoms with Gasteiger partial charge in [-0.15, -0.1) is 0 Å². The number of fused-ring (bicyclic) bond motifs is 3. The molecule has 0 fully saturated rings. The highest BCUT2D eigenvalue weighted by Crippen LogP contribution is 2.37. The molecule has 0 aliphatic heterocycles. The zero-order valence-corrected chi connectivity index (χ0v) is 15.0. The average molecular weight is 365 g/mol. The van der Waals surface area contributed by atoms with Gasteiger partial charge in [0.25, 0.3) is 0 Å². The average Bonchev–Trinajstić information content (AvgIpc) is 2.75. The first-order chi connectivity index (χ1) is 13.8. The number of para-hydroxylation sites is 1. The lowest BCUT2D eigenvalue weighted by molar-refractivity contribution is 0.464. The van der Waals surface area contributed by atoms with E-state index >= 15 is 0 Å². The van der Waals surface area contributed by atoms with Crippen LogP contribution >= 0.6 is 0 Å². The second-order valence-corrected chi connectivity index (χ2v) is 6.61. The van der Waals surface area contributed by atoms with Crippen molar-refractivity contribution in [3.05, 3.63) is 103 Å². The van der Waals surface area contributed by atoms with Crippen LogP contribution in [-0.4, -0.2) is 4.98 Å². The van der Waals surface area contributed by atoms with Crippen molar-refractivity contribution in [3.8, 4) is 22.8 Å². The molecule has 0 unspecified atom stereocenters. The number of aromatic nitrogens is 1. The van der Waals surface area contributed by atoms with E-state index in [9.17, 15) is 4.39 Å². The molecule has 0 aliphatic carbocycles. The van der Waals surface area contributed by atoms with Crippen LogP contribution in [0.5, 0.6) is 11.6 Å². The molecule has 2 nitrogen and oxygen atoms in total. The maximum absolute atomic E-state index is 14.6. The summed E-state index contributed by atoms with van der Waals surface area (Å²) in [5.74, 6) is 0.956. The Morgan fingerprint density at radius 3 is 2.25 bits per heavy atom. The Balaban J connectivity index is 1.77. The molecule has 0 aliphatic rings. The second kappa shape index (κ2) is 6.78. The van der Waals surface area contributed by atoms with Gasteiger partial charge in [-0.05, 0) is 34.7 Å². The third-order valence-electron chi connectivity index (χ3n) is 4.85. The lowest BCUT2D eigenvalue weighted by atomic mass is 9.94. The molecule has 1 aromatic heterocycles. The van der Waals surface area contributed by atoms with Crippen molar-refractivity contribution in [2.45, 2.75) is 0 Å². The number of pyridine rings is 1. The summed E-state index contributed by atoms with van der Waals surface area (Å²) in [7, 11) is 0. The van der Waals surface area contributed by atoms with Crippen LogP contribution in [0.4, 0.5) is 4.39 Å². The largest absolute Gasteiger partial charge is 0.439 e. The first kappa shape index (κ1) is 16.5. The van der Waals surface area contributed by atoms with Gasteiger partial charge < -0.3 is 4.74 Å². The Hall–Kier alpha value is -3.72. The summed E-state index contributed by atoms with van der Waals surface area (Å²) in [6.07, 6.45) is 1.77. The lowest BCUT2D eigenvalue weighted by Crippen LogP contribution is -1.91. The molecule has 0 saturated heterocycles. The molecule has 1 heterocycles. The molecule has 4 aromatic carbocycles. The molecule has 0 spiro atoms. The van der Waals surface area contributed by atoms with Gasteiger partial charge in [-0.25, -0.2) is 9.37 Å². The molecule has 0 atom stereocenters. The zero-order valence-electron chi connectivity index (χ0n) is 15.0. The summed E-state index contributed by atoms with van der Waals surface area (Å²) < 4.78 is 20.5. The standard InChI is InChI=1S/C25H16FNO/c26-23-14-13-20(17-7-3-1-4-8-17)25-21(23)12-11-18-16-27-24(15-22(18)25)28-19-9-5-2-6-10-19/h1-16H.